The van der Waals surface area contributed by atoms with Gasteiger partial charge in [-0.1, -0.05) is 0 Å². The van der Waals surface area contributed by atoms with E-state index in [1.807, 2.05) is 0 Å². The molecule has 0 unspecified atom stereocenters. The normalized spacial score (nSPS) is 10.1. The second-order valence-corrected chi connectivity index (χ2v) is 4.15. The number of benzene rings is 1. The Morgan fingerprint density at radius 1 is 1.29 bits per heavy atom. The van der Waals surface area contributed by atoms with Crippen molar-refractivity contribution in [2.24, 2.45) is 0 Å². The van der Waals surface area contributed by atoms with Crippen LogP contribution in [0.25, 0.3) is 0 Å². The molecule has 0 saturated carbocycles. The van der Waals surface area contributed by atoms with E-state index < -0.39 is 24.3 Å². The topological polar surface area (TPSA) is 99.2 Å². The number of rotatable bonds is 5. The van der Waals surface area contributed by atoms with Gasteiger partial charge in [-0.3, -0.25) is 14.3 Å². The molecule has 2 rings (SSSR count). The second kappa shape index (κ2) is 6.51. The van der Waals surface area contributed by atoms with Gasteiger partial charge >= 0.3 is 5.97 Å². The Morgan fingerprint density at radius 2 is 2.00 bits per heavy atom. The fourth-order valence-electron chi connectivity index (χ4n) is 1.52. The van der Waals surface area contributed by atoms with Crippen molar-refractivity contribution in [2.45, 2.75) is 6.54 Å². The van der Waals surface area contributed by atoms with Crippen molar-refractivity contribution >= 4 is 23.4 Å². The molecule has 0 aliphatic heterocycles. The molecular weight excluding hydrogens is 279 g/mol. The van der Waals surface area contributed by atoms with E-state index in [4.69, 9.17) is 10.5 Å². The minimum absolute atomic E-state index is 0.138. The number of ether oxygens (including phenoxy) is 1. The maximum absolute atomic E-state index is 12.7. The molecule has 8 heteroatoms. The number of halogens is 1. The Balaban J connectivity index is 1.75. The zero-order valence-corrected chi connectivity index (χ0v) is 11.0. The average molecular weight is 292 g/mol. The van der Waals surface area contributed by atoms with Crippen LogP contribution < -0.4 is 11.1 Å². The van der Waals surface area contributed by atoms with Crippen LogP contribution in [0.1, 0.15) is 0 Å². The maximum atomic E-state index is 12.7. The standard InChI is InChI=1S/C13H13FN4O3/c14-9-1-3-10(4-2-9)16-12(19)8-21-13(20)7-18-6-5-11(15)17-18/h1-6H,7-8H2,(H2,15,17)(H,16,19). The minimum Gasteiger partial charge on any atom is -0.454 e. The van der Waals surface area contributed by atoms with Crippen molar-refractivity contribution in [2.75, 3.05) is 17.7 Å². The number of hydrogen-bond donors (Lipinski definition) is 2. The Bertz CT molecular complexity index is 639. The molecular formula is C13H13FN4O3. The monoisotopic (exact) mass is 292 g/mol. The van der Waals surface area contributed by atoms with Crippen LogP contribution >= 0.6 is 0 Å². The molecule has 2 aromatic rings. The third-order valence-electron chi connectivity index (χ3n) is 2.44. The van der Waals surface area contributed by atoms with E-state index in [0.717, 1.165) is 0 Å². The summed E-state index contributed by atoms with van der Waals surface area (Å²) in [7, 11) is 0. The number of nitrogen functional groups attached to an aromatic ring is 1. The Kier molecular flexibility index (Phi) is 4.50. The minimum atomic E-state index is -0.618. The maximum Gasteiger partial charge on any atom is 0.328 e. The van der Waals surface area contributed by atoms with Gasteiger partial charge in [0.1, 0.15) is 18.2 Å². The molecule has 0 aliphatic rings. The Morgan fingerprint density at radius 3 is 2.62 bits per heavy atom. The molecule has 1 aromatic heterocycles. The van der Waals surface area contributed by atoms with Crippen LogP contribution in [0, 0.1) is 5.82 Å². The number of carbonyl (C=O) groups is 2. The van der Waals surface area contributed by atoms with Crippen molar-refractivity contribution in [1.82, 2.24) is 9.78 Å². The summed E-state index contributed by atoms with van der Waals surface area (Å²) < 4.78 is 18.8. The summed E-state index contributed by atoms with van der Waals surface area (Å²) in [6, 6.07) is 6.77. The van der Waals surface area contributed by atoms with Gasteiger partial charge in [0.2, 0.25) is 0 Å². The summed E-state index contributed by atoms with van der Waals surface area (Å²) in [5.74, 6) is -1.25. The summed E-state index contributed by atoms with van der Waals surface area (Å²) >= 11 is 0. The molecule has 3 N–H and O–H groups in total. The average Bonchev–Trinajstić information content (AvgIpc) is 2.84. The molecule has 7 nitrogen and oxygen atoms in total. The van der Waals surface area contributed by atoms with E-state index >= 15 is 0 Å². The van der Waals surface area contributed by atoms with Crippen molar-refractivity contribution in [3.8, 4) is 0 Å². The van der Waals surface area contributed by atoms with Crippen molar-refractivity contribution in [3.63, 3.8) is 0 Å². The highest BCUT2D eigenvalue weighted by Crippen LogP contribution is 2.07. The number of hydrogen-bond acceptors (Lipinski definition) is 5. The van der Waals surface area contributed by atoms with Gasteiger partial charge in [-0.25, -0.2) is 4.39 Å². The second-order valence-electron chi connectivity index (χ2n) is 4.15. The van der Waals surface area contributed by atoms with Gasteiger partial charge in [-0.2, -0.15) is 5.10 Å². The van der Waals surface area contributed by atoms with Crippen LogP contribution in [0.5, 0.6) is 0 Å². The van der Waals surface area contributed by atoms with Gasteiger partial charge in [0, 0.05) is 11.9 Å². The van der Waals surface area contributed by atoms with Crippen LogP contribution in [0.4, 0.5) is 15.9 Å². The van der Waals surface area contributed by atoms with Gasteiger partial charge in [0.05, 0.1) is 0 Å². The summed E-state index contributed by atoms with van der Waals surface area (Å²) in [4.78, 5) is 23.0. The fourth-order valence-corrected chi connectivity index (χ4v) is 1.52. The highest BCUT2D eigenvalue weighted by Gasteiger charge is 2.09. The predicted octanol–water partition coefficient (Wildman–Crippen LogP) is 0.786. The van der Waals surface area contributed by atoms with E-state index in [-0.39, 0.29) is 12.4 Å². The zero-order valence-electron chi connectivity index (χ0n) is 11.0. The van der Waals surface area contributed by atoms with Crippen LogP contribution in [-0.2, 0) is 20.9 Å². The van der Waals surface area contributed by atoms with Gasteiger partial charge in [0.15, 0.2) is 6.61 Å². The molecule has 0 fully saturated rings. The van der Waals surface area contributed by atoms with E-state index in [2.05, 4.69) is 10.4 Å². The van der Waals surface area contributed by atoms with Crippen LogP contribution in [0.15, 0.2) is 36.5 Å². The Labute approximate surface area is 119 Å². The first-order chi connectivity index (χ1) is 10.0. The van der Waals surface area contributed by atoms with Gasteiger partial charge in [0.25, 0.3) is 5.91 Å². The number of esters is 1. The van der Waals surface area contributed by atoms with E-state index in [0.29, 0.717) is 5.69 Å². The number of nitrogens with two attached hydrogens (primary N) is 1. The number of amides is 1. The largest absolute Gasteiger partial charge is 0.454 e. The molecule has 1 heterocycles. The van der Waals surface area contributed by atoms with E-state index in [9.17, 15) is 14.0 Å². The third kappa shape index (κ3) is 4.60. The fraction of sp³-hybridized carbons (Fsp3) is 0.154. The summed E-state index contributed by atoms with van der Waals surface area (Å²) in [6.07, 6.45) is 1.52. The lowest BCUT2D eigenvalue weighted by Crippen LogP contribution is -2.23. The lowest BCUT2D eigenvalue weighted by Gasteiger charge is -2.06. The van der Waals surface area contributed by atoms with Crippen LogP contribution in [0.3, 0.4) is 0 Å². The SMILES string of the molecule is Nc1ccn(CC(=O)OCC(=O)Nc2ccc(F)cc2)n1. The molecule has 21 heavy (non-hydrogen) atoms. The molecule has 0 aliphatic carbocycles. The zero-order chi connectivity index (χ0) is 15.2. The van der Waals surface area contributed by atoms with Crippen molar-refractivity contribution in [3.05, 3.63) is 42.3 Å². The summed E-state index contributed by atoms with van der Waals surface area (Å²) in [6.45, 7) is -0.575. The highest BCUT2D eigenvalue weighted by molar-refractivity contribution is 5.92. The van der Waals surface area contributed by atoms with Crippen LogP contribution in [-0.4, -0.2) is 28.3 Å². The van der Waals surface area contributed by atoms with E-state index in [1.165, 1.54) is 41.2 Å². The summed E-state index contributed by atoms with van der Waals surface area (Å²) in [5.41, 5.74) is 5.81. The van der Waals surface area contributed by atoms with Gasteiger partial charge < -0.3 is 15.8 Å². The first-order valence-electron chi connectivity index (χ1n) is 6.03. The molecule has 110 valence electrons. The molecule has 0 saturated heterocycles. The van der Waals surface area contributed by atoms with E-state index in [1.54, 1.807) is 0 Å². The number of anilines is 2. The first kappa shape index (κ1) is 14.5. The molecule has 0 atom stereocenters. The Hall–Kier alpha value is -2.90. The molecule has 1 aromatic carbocycles. The first-order valence-corrected chi connectivity index (χ1v) is 6.03. The molecule has 0 spiro atoms. The quantitative estimate of drug-likeness (QED) is 0.794. The highest BCUT2D eigenvalue weighted by atomic mass is 19.1. The lowest BCUT2D eigenvalue weighted by atomic mass is 10.3. The third-order valence-corrected chi connectivity index (χ3v) is 2.44. The molecule has 1 amide bonds. The lowest BCUT2D eigenvalue weighted by molar-refractivity contribution is -0.148. The number of carbonyl (C=O) groups excluding carboxylic acids is 2. The smallest absolute Gasteiger partial charge is 0.328 e. The molecule has 0 bridgehead atoms. The molecule has 0 radical (unpaired) electrons. The van der Waals surface area contributed by atoms with Gasteiger partial charge in [-0.05, 0) is 30.3 Å². The number of nitrogens with zero attached hydrogens (tertiary/aromatic N) is 2. The van der Waals surface area contributed by atoms with Crippen molar-refractivity contribution < 1.29 is 18.7 Å². The number of nitrogens with one attached hydrogen (secondary N) is 1. The summed E-state index contributed by atoms with van der Waals surface area (Å²) in [5, 5.41) is 6.28. The van der Waals surface area contributed by atoms with Crippen molar-refractivity contribution in [1.29, 1.82) is 0 Å². The predicted molar refractivity (Wildman–Crippen MR) is 72.6 cm³/mol. The van der Waals surface area contributed by atoms with Gasteiger partial charge in [-0.15, -0.1) is 0 Å². The van der Waals surface area contributed by atoms with Crippen LogP contribution in [0.2, 0.25) is 0 Å². The number of aromatic nitrogens is 2.